The lowest BCUT2D eigenvalue weighted by molar-refractivity contribution is -0.140. The molecule has 0 spiro atoms. The highest BCUT2D eigenvalue weighted by molar-refractivity contribution is 7.99. The number of nitrogens with zero attached hydrogens (tertiary/aromatic N) is 2. The fraction of sp³-hybridized carbons (Fsp3) is 0.304. The number of carboxylic acids is 1. The zero-order chi connectivity index (χ0) is 22.7. The lowest BCUT2D eigenvalue weighted by Gasteiger charge is -2.21. The quantitative estimate of drug-likeness (QED) is 0.490. The van der Waals surface area contributed by atoms with Crippen molar-refractivity contribution in [3.8, 4) is 11.5 Å². The Labute approximate surface area is 191 Å². The maximum atomic E-state index is 12.9. The monoisotopic (exact) mass is 472 g/mol. The Balaban J connectivity index is 1.38. The highest BCUT2D eigenvalue weighted by atomic mass is 32.2. The van der Waals surface area contributed by atoms with Crippen molar-refractivity contribution in [2.45, 2.75) is 42.0 Å². The van der Waals surface area contributed by atoms with Gasteiger partial charge in [-0.05, 0) is 56.2 Å². The molecule has 0 unspecified atom stereocenters. The molecule has 0 radical (unpaired) electrons. The van der Waals surface area contributed by atoms with Crippen molar-refractivity contribution < 1.29 is 22.7 Å². The van der Waals surface area contributed by atoms with E-state index in [4.69, 9.17) is 4.42 Å². The number of aliphatic carboxylic acids is 1. The molecule has 0 aliphatic carbocycles. The van der Waals surface area contributed by atoms with Crippen LogP contribution in [0.2, 0.25) is 0 Å². The first-order valence-corrected chi connectivity index (χ1v) is 12.8. The Morgan fingerprint density at radius 3 is 2.59 bits per heavy atom. The summed E-state index contributed by atoms with van der Waals surface area (Å²) in [5, 5.41) is 9.29. The first-order chi connectivity index (χ1) is 15.4. The zero-order valence-corrected chi connectivity index (χ0v) is 19.2. The maximum Gasteiger partial charge on any atom is 0.322 e. The smallest absolute Gasteiger partial charge is 0.322 e. The molecule has 0 amide bonds. The van der Waals surface area contributed by atoms with Gasteiger partial charge in [-0.25, -0.2) is 13.4 Å². The Hall–Kier alpha value is -2.62. The van der Waals surface area contributed by atoms with Crippen molar-refractivity contribution >= 4 is 27.8 Å². The standard InChI is InChI=1S/C23H24N2O5S2/c1-16-20(24-22(30-16)17-6-3-2-4-7-17)13-15-31-18-9-11-19(12-10-18)32(28,29)25-14-5-8-21(25)23(26)27/h2-4,6-7,9-12,21H,5,8,13-15H2,1H3,(H,26,27)/t21-/m1/s1. The van der Waals surface area contributed by atoms with Crippen molar-refractivity contribution in [2.24, 2.45) is 0 Å². The minimum absolute atomic E-state index is 0.120. The molecule has 32 heavy (non-hydrogen) atoms. The highest BCUT2D eigenvalue weighted by Crippen LogP contribution is 2.29. The summed E-state index contributed by atoms with van der Waals surface area (Å²) < 4.78 is 32.6. The van der Waals surface area contributed by atoms with Crippen LogP contribution < -0.4 is 0 Å². The number of benzene rings is 2. The van der Waals surface area contributed by atoms with E-state index < -0.39 is 22.0 Å². The van der Waals surface area contributed by atoms with E-state index in [2.05, 4.69) is 4.98 Å². The van der Waals surface area contributed by atoms with Crippen LogP contribution in [0.5, 0.6) is 0 Å². The van der Waals surface area contributed by atoms with Gasteiger partial charge in [-0.15, -0.1) is 11.8 Å². The van der Waals surface area contributed by atoms with Crippen molar-refractivity contribution in [2.75, 3.05) is 12.3 Å². The number of sulfonamides is 1. The molecule has 7 nitrogen and oxygen atoms in total. The van der Waals surface area contributed by atoms with Crippen LogP contribution in [0, 0.1) is 6.92 Å². The molecule has 1 fully saturated rings. The number of hydrogen-bond acceptors (Lipinski definition) is 6. The van der Waals surface area contributed by atoms with Gasteiger partial charge >= 0.3 is 5.97 Å². The van der Waals surface area contributed by atoms with Gasteiger partial charge < -0.3 is 9.52 Å². The van der Waals surface area contributed by atoms with Crippen LogP contribution in [-0.2, 0) is 21.2 Å². The molecule has 4 rings (SSSR count). The molecule has 0 bridgehead atoms. The third-order valence-electron chi connectivity index (χ3n) is 5.44. The van der Waals surface area contributed by atoms with Gasteiger partial charge in [0.05, 0.1) is 10.6 Å². The van der Waals surface area contributed by atoms with E-state index in [0.717, 1.165) is 38.4 Å². The summed E-state index contributed by atoms with van der Waals surface area (Å²) in [7, 11) is -3.82. The average molecular weight is 473 g/mol. The molecule has 9 heteroatoms. The predicted octanol–water partition coefficient (Wildman–Crippen LogP) is 4.22. The number of aryl methyl sites for hydroxylation is 2. The van der Waals surface area contributed by atoms with Crippen molar-refractivity contribution in [3.63, 3.8) is 0 Å². The fourth-order valence-corrected chi connectivity index (χ4v) is 6.26. The summed E-state index contributed by atoms with van der Waals surface area (Å²) in [6.07, 6.45) is 1.62. The normalized spacial score (nSPS) is 17.0. The molecular formula is C23H24N2O5S2. The van der Waals surface area contributed by atoms with E-state index in [1.54, 1.807) is 36.0 Å². The van der Waals surface area contributed by atoms with E-state index in [-0.39, 0.29) is 11.4 Å². The molecule has 1 aromatic heterocycles. The molecule has 2 aromatic carbocycles. The average Bonchev–Trinajstić information content (AvgIpc) is 3.43. The van der Waals surface area contributed by atoms with E-state index >= 15 is 0 Å². The minimum Gasteiger partial charge on any atom is -0.480 e. The molecule has 2 heterocycles. The predicted molar refractivity (Wildman–Crippen MR) is 122 cm³/mol. The molecular weight excluding hydrogens is 448 g/mol. The molecule has 1 atom stereocenters. The summed E-state index contributed by atoms with van der Waals surface area (Å²) in [5.74, 6) is 1.07. The number of oxazole rings is 1. The molecule has 1 aliphatic rings. The molecule has 1 saturated heterocycles. The number of carboxylic acid groups (broad SMARTS) is 1. The second-order valence-corrected chi connectivity index (χ2v) is 10.6. The van der Waals surface area contributed by atoms with Crippen LogP contribution in [0.3, 0.4) is 0 Å². The van der Waals surface area contributed by atoms with Gasteiger partial charge in [-0.3, -0.25) is 4.79 Å². The highest BCUT2D eigenvalue weighted by Gasteiger charge is 2.39. The van der Waals surface area contributed by atoms with Crippen molar-refractivity contribution in [1.29, 1.82) is 0 Å². The number of thioether (sulfide) groups is 1. The minimum atomic E-state index is -3.82. The van der Waals surface area contributed by atoms with E-state index in [1.165, 1.54) is 0 Å². The summed E-state index contributed by atoms with van der Waals surface area (Å²) in [5.41, 5.74) is 1.85. The van der Waals surface area contributed by atoms with Crippen LogP contribution in [-0.4, -0.2) is 47.1 Å². The van der Waals surface area contributed by atoms with E-state index in [9.17, 15) is 18.3 Å². The Bertz CT molecular complexity index is 1190. The SMILES string of the molecule is Cc1oc(-c2ccccc2)nc1CCSc1ccc(S(=O)(=O)N2CCC[C@@H]2C(=O)O)cc1. The van der Waals surface area contributed by atoms with Crippen LogP contribution in [0.15, 0.2) is 68.8 Å². The number of aromatic nitrogens is 1. The topological polar surface area (TPSA) is 101 Å². The van der Waals surface area contributed by atoms with Crippen molar-refractivity contribution in [1.82, 2.24) is 9.29 Å². The largest absolute Gasteiger partial charge is 0.480 e. The summed E-state index contributed by atoms with van der Waals surface area (Å²) >= 11 is 1.60. The van der Waals surface area contributed by atoms with Crippen LogP contribution in [0.25, 0.3) is 11.5 Å². The molecule has 1 N–H and O–H groups in total. The summed E-state index contributed by atoms with van der Waals surface area (Å²) in [6, 6.07) is 15.4. The first kappa shape index (κ1) is 22.6. The van der Waals surface area contributed by atoms with Gasteiger partial charge in [-0.2, -0.15) is 4.31 Å². The molecule has 3 aromatic rings. The number of carbonyl (C=O) groups is 1. The number of hydrogen-bond donors (Lipinski definition) is 1. The Morgan fingerprint density at radius 1 is 1.19 bits per heavy atom. The Kier molecular flexibility index (Phi) is 6.68. The second kappa shape index (κ2) is 9.48. The van der Waals surface area contributed by atoms with Gasteiger partial charge in [0, 0.05) is 29.2 Å². The third-order valence-corrected chi connectivity index (χ3v) is 8.38. The molecule has 0 saturated carbocycles. The second-order valence-electron chi connectivity index (χ2n) is 7.57. The van der Waals surface area contributed by atoms with Crippen LogP contribution in [0.4, 0.5) is 0 Å². The van der Waals surface area contributed by atoms with Gasteiger partial charge in [0.25, 0.3) is 0 Å². The summed E-state index contributed by atoms with van der Waals surface area (Å²) in [6.45, 7) is 2.14. The van der Waals surface area contributed by atoms with Gasteiger partial charge in [0.1, 0.15) is 11.8 Å². The summed E-state index contributed by atoms with van der Waals surface area (Å²) in [4.78, 5) is 17.0. The van der Waals surface area contributed by atoms with Gasteiger partial charge in [0.2, 0.25) is 15.9 Å². The van der Waals surface area contributed by atoms with Crippen LogP contribution >= 0.6 is 11.8 Å². The molecule has 1 aliphatic heterocycles. The lowest BCUT2D eigenvalue weighted by Crippen LogP contribution is -2.40. The van der Waals surface area contributed by atoms with Gasteiger partial charge in [-0.1, -0.05) is 18.2 Å². The van der Waals surface area contributed by atoms with Gasteiger partial charge in [0.15, 0.2) is 0 Å². The third kappa shape index (κ3) is 4.74. The first-order valence-electron chi connectivity index (χ1n) is 10.4. The fourth-order valence-electron chi connectivity index (χ4n) is 3.75. The number of rotatable bonds is 8. The van der Waals surface area contributed by atoms with E-state index in [0.29, 0.717) is 18.7 Å². The Morgan fingerprint density at radius 2 is 1.91 bits per heavy atom. The van der Waals surface area contributed by atoms with Crippen LogP contribution in [0.1, 0.15) is 24.3 Å². The lowest BCUT2D eigenvalue weighted by atomic mass is 10.2. The zero-order valence-electron chi connectivity index (χ0n) is 17.6. The molecule has 168 valence electrons. The van der Waals surface area contributed by atoms with E-state index in [1.807, 2.05) is 37.3 Å². The maximum absolute atomic E-state index is 12.9. The van der Waals surface area contributed by atoms with Crippen molar-refractivity contribution in [3.05, 3.63) is 66.1 Å².